The number of nitrogens with zero attached hydrogens (tertiary/aromatic N) is 3. The first-order valence-electron chi connectivity index (χ1n) is 7.75. The summed E-state index contributed by atoms with van der Waals surface area (Å²) in [5, 5.41) is 5.69. The maximum atomic E-state index is 6.37. The van der Waals surface area contributed by atoms with Gasteiger partial charge in [-0.2, -0.15) is 5.10 Å². The summed E-state index contributed by atoms with van der Waals surface area (Å²) in [4.78, 5) is 4.38. The highest BCUT2D eigenvalue weighted by Gasteiger charge is 2.16. The van der Waals surface area contributed by atoms with Gasteiger partial charge < -0.3 is 0 Å². The van der Waals surface area contributed by atoms with Gasteiger partial charge in [-0.3, -0.25) is 0 Å². The number of hydrogen-bond donors (Lipinski definition) is 0. The van der Waals surface area contributed by atoms with Crippen LogP contribution in [0.25, 0.3) is 28.3 Å². The number of rotatable bonds is 3. The van der Waals surface area contributed by atoms with Gasteiger partial charge in [0.15, 0.2) is 5.82 Å². The molecule has 3 nitrogen and oxygen atoms in total. The van der Waals surface area contributed by atoms with Crippen molar-refractivity contribution >= 4 is 23.2 Å². The SMILES string of the molecule is Clc1cnc(-n2nc(-c3ccccc3)cc2-c2ccccc2)c(Cl)c1. The molecule has 0 fully saturated rings. The van der Waals surface area contributed by atoms with E-state index in [1.54, 1.807) is 16.9 Å². The quantitative estimate of drug-likeness (QED) is 0.451. The summed E-state index contributed by atoms with van der Waals surface area (Å²) in [5.41, 5.74) is 3.83. The van der Waals surface area contributed by atoms with E-state index in [0.717, 1.165) is 22.5 Å². The largest absolute Gasteiger partial charge is 0.234 e. The zero-order valence-corrected chi connectivity index (χ0v) is 14.6. The topological polar surface area (TPSA) is 30.7 Å². The van der Waals surface area contributed by atoms with Crippen molar-refractivity contribution in [2.24, 2.45) is 0 Å². The summed E-state index contributed by atoms with van der Waals surface area (Å²) >= 11 is 12.4. The highest BCUT2D eigenvalue weighted by atomic mass is 35.5. The van der Waals surface area contributed by atoms with E-state index in [4.69, 9.17) is 28.3 Å². The predicted molar refractivity (Wildman–Crippen MR) is 102 cm³/mol. The molecule has 122 valence electrons. The van der Waals surface area contributed by atoms with Gasteiger partial charge in [0.2, 0.25) is 0 Å². The summed E-state index contributed by atoms with van der Waals surface area (Å²) < 4.78 is 1.76. The molecule has 5 heteroatoms. The molecular formula is C20H13Cl2N3. The average Bonchev–Trinajstić information content (AvgIpc) is 3.08. The fourth-order valence-electron chi connectivity index (χ4n) is 2.67. The van der Waals surface area contributed by atoms with Crippen molar-refractivity contribution in [3.05, 3.63) is 89.0 Å². The summed E-state index contributed by atoms with van der Waals surface area (Å²) in [5.74, 6) is 0.548. The van der Waals surface area contributed by atoms with Gasteiger partial charge in [0.1, 0.15) is 0 Å². The van der Waals surface area contributed by atoms with Crippen molar-refractivity contribution in [2.75, 3.05) is 0 Å². The first-order chi connectivity index (χ1) is 12.2. The molecule has 0 saturated carbocycles. The lowest BCUT2D eigenvalue weighted by molar-refractivity contribution is 0.858. The second kappa shape index (κ2) is 6.71. The van der Waals surface area contributed by atoms with Crippen LogP contribution in [0.15, 0.2) is 79.0 Å². The Morgan fingerprint density at radius 1 is 0.760 bits per heavy atom. The number of benzene rings is 2. The molecule has 2 aromatic heterocycles. The van der Waals surface area contributed by atoms with Gasteiger partial charge in [-0.15, -0.1) is 0 Å². The molecule has 4 aromatic rings. The average molecular weight is 366 g/mol. The first-order valence-corrected chi connectivity index (χ1v) is 8.50. The van der Waals surface area contributed by atoms with E-state index in [-0.39, 0.29) is 0 Å². The molecule has 0 unspecified atom stereocenters. The Kier molecular flexibility index (Phi) is 4.26. The fourth-order valence-corrected chi connectivity index (χ4v) is 3.13. The Hall–Kier alpha value is -2.62. The molecule has 4 rings (SSSR count). The van der Waals surface area contributed by atoms with Crippen molar-refractivity contribution < 1.29 is 0 Å². The molecule has 0 saturated heterocycles. The van der Waals surface area contributed by atoms with Crippen LogP contribution in [0.1, 0.15) is 0 Å². The second-order valence-electron chi connectivity index (χ2n) is 5.52. The second-order valence-corrected chi connectivity index (χ2v) is 6.36. The predicted octanol–water partition coefficient (Wildman–Crippen LogP) is 5.91. The molecule has 25 heavy (non-hydrogen) atoms. The number of aromatic nitrogens is 3. The molecule has 0 atom stereocenters. The van der Waals surface area contributed by atoms with Crippen LogP contribution in [-0.2, 0) is 0 Å². The molecule has 0 amide bonds. The lowest BCUT2D eigenvalue weighted by atomic mass is 10.1. The summed E-state index contributed by atoms with van der Waals surface area (Å²) in [6.45, 7) is 0. The van der Waals surface area contributed by atoms with Gasteiger partial charge >= 0.3 is 0 Å². The van der Waals surface area contributed by atoms with Crippen LogP contribution in [0.5, 0.6) is 0 Å². The van der Waals surface area contributed by atoms with Crippen LogP contribution in [0, 0.1) is 0 Å². The van der Waals surface area contributed by atoms with Crippen LogP contribution in [0.3, 0.4) is 0 Å². The van der Waals surface area contributed by atoms with Crippen LogP contribution >= 0.6 is 23.2 Å². The van der Waals surface area contributed by atoms with E-state index < -0.39 is 0 Å². The molecule has 0 aliphatic carbocycles. The summed E-state index contributed by atoms with van der Waals surface area (Å²) in [7, 11) is 0. The Labute approximate surface area is 155 Å². The van der Waals surface area contributed by atoms with E-state index in [0.29, 0.717) is 15.9 Å². The highest BCUT2D eigenvalue weighted by Crippen LogP contribution is 2.31. The van der Waals surface area contributed by atoms with E-state index >= 15 is 0 Å². The minimum absolute atomic E-state index is 0.451. The smallest absolute Gasteiger partial charge is 0.172 e. The van der Waals surface area contributed by atoms with E-state index in [1.165, 1.54) is 0 Å². The zero-order valence-electron chi connectivity index (χ0n) is 13.1. The third kappa shape index (κ3) is 3.16. The molecule has 0 bridgehead atoms. The van der Waals surface area contributed by atoms with Crippen molar-refractivity contribution in [1.82, 2.24) is 14.8 Å². The van der Waals surface area contributed by atoms with Gasteiger partial charge in [-0.25, -0.2) is 9.67 Å². The monoisotopic (exact) mass is 365 g/mol. The van der Waals surface area contributed by atoms with E-state index in [9.17, 15) is 0 Å². The third-order valence-electron chi connectivity index (χ3n) is 3.84. The van der Waals surface area contributed by atoms with Gasteiger partial charge in [0, 0.05) is 17.3 Å². The number of hydrogen-bond acceptors (Lipinski definition) is 2. The summed E-state index contributed by atoms with van der Waals surface area (Å²) in [6.07, 6.45) is 1.57. The fraction of sp³-hybridized carbons (Fsp3) is 0. The Morgan fingerprint density at radius 2 is 1.40 bits per heavy atom. The van der Waals surface area contributed by atoms with Gasteiger partial charge in [-0.05, 0) is 12.1 Å². The Morgan fingerprint density at radius 3 is 2.04 bits per heavy atom. The zero-order chi connectivity index (χ0) is 17.2. The van der Waals surface area contributed by atoms with Crippen LogP contribution < -0.4 is 0 Å². The van der Waals surface area contributed by atoms with Gasteiger partial charge in [0.25, 0.3) is 0 Å². The van der Waals surface area contributed by atoms with Crippen molar-refractivity contribution in [1.29, 1.82) is 0 Å². The normalized spacial score (nSPS) is 10.8. The minimum Gasteiger partial charge on any atom is -0.234 e. The van der Waals surface area contributed by atoms with E-state index in [2.05, 4.69) is 4.98 Å². The molecule has 0 aliphatic rings. The number of pyridine rings is 1. The van der Waals surface area contributed by atoms with Crippen molar-refractivity contribution in [3.8, 4) is 28.3 Å². The molecule has 0 spiro atoms. The maximum absolute atomic E-state index is 6.37. The van der Waals surface area contributed by atoms with E-state index in [1.807, 2.05) is 66.7 Å². The standard InChI is InChI=1S/C20H13Cl2N3/c21-16-11-17(22)20(23-13-16)25-19(15-9-5-2-6-10-15)12-18(24-25)14-7-3-1-4-8-14/h1-13H. The van der Waals surface area contributed by atoms with Gasteiger partial charge in [0.05, 0.1) is 21.4 Å². The minimum atomic E-state index is 0.451. The highest BCUT2D eigenvalue weighted by molar-refractivity contribution is 6.35. The van der Waals surface area contributed by atoms with Gasteiger partial charge in [-0.1, -0.05) is 83.9 Å². The maximum Gasteiger partial charge on any atom is 0.172 e. The van der Waals surface area contributed by atoms with Crippen LogP contribution in [-0.4, -0.2) is 14.8 Å². The van der Waals surface area contributed by atoms with Crippen LogP contribution in [0.4, 0.5) is 0 Å². The van der Waals surface area contributed by atoms with Crippen LogP contribution in [0.2, 0.25) is 10.0 Å². The van der Waals surface area contributed by atoms with Crippen molar-refractivity contribution in [3.63, 3.8) is 0 Å². The Bertz CT molecular complexity index is 1010. The third-order valence-corrected chi connectivity index (χ3v) is 4.32. The number of halogens is 2. The lowest BCUT2D eigenvalue weighted by Crippen LogP contribution is -2.02. The molecule has 0 N–H and O–H groups in total. The molecule has 0 aliphatic heterocycles. The molecular weight excluding hydrogens is 353 g/mol. The first kappa shape index (κ1) is 15.9. The molecule has 2 aromatic carbocycles. The van der Waals surface area contributed by atoms with Crippen molar-refractivity contribution in [2.45, 2.75) is 0 Å². The Balaban J connectivity index is 1.94. The summed E-state index contributed by atoms with van der Waals surface area (Å²) in [6, 6.07) is 23.8. The molecule has 2 heterocycles. The molecule has 0 radical (unpaired) electrons. The lowest BCUT2D eigenvalue weighted by Gasteiger charge is -2.08.